The largest absolute Gasteiger partial charge is 0.310 e. The summed E-state index contributed by atoms with van der Waals surface area (Å²) < 4.78 is 2.41. The molecule has 62 heavy (non-hydrogen) atoms. The van der Waals surface area contributed by atoms with E-state index in [1.807, 2.05) is 0 Å². The fourth-order valence-electron chi connectivity index (χ4n) is 9.02. The topological polar surface area (TPSA) is 8.17 Å². The number of para-hydroxylation sites is 2. The normalized spacial score (nSPS) is 11.2. The minimum absolute atomic E-state index is 1.07. The van der Waals surface area contributed by atoms with Gasteiger partial charge >= 0.3 is 0 Å². The third kappa shape index (κ3) is 6.84. The van der Waals surface area contributed by atoms with Crippen LogP contribution in [0.4, 0.5) is 17.1 Å². The van der Waals surface area contributed by atoms with E-state index in [0.717, 1.165) is 50.5 Å². The molecule has 2 heteroatoms. The van der Waals surface area contributed by atoms with Crippen LogP contribution in [0.5, 0.6) is 0 Å². The van der Waals surface area contributed by atoms with Crippen molar-refractivity contribution in [2.24, 2.45) is 0 Å². The molecule has 0 amide bonds. The van der Waals surface area contributed by atoms with Crippen molar-refractivity contribution in [3.63, 3.8) is 0 Å². The van der Waals surface area contributed by atoms with Gasteiger partial charge < -0.3 is 9.47 Å². The lowest BCUT2D eigenvalue weighted by Crippen LogP contribution is -2.12. The van der Waals surface area contributed by atoms with E-state index in [-0.39, 0.29) is 0 Å². The van der Waals surface area contributed by atoms with Gasteiger partial charge in [0.1, 0.15) is 0 Å². The number of benzene rings is 10. The molecular formula is C60H42N2. The highest BCUT2D eigenvalue weighted by atomic mass is 15.1. The molecule has 0 N–H and O–H groups in total. The third-order valence-corrected chi connectivity index (χ3v) is 12.0. The van der Waals surface area contributed by atoms with Crippen molar-refractivity contribution in [3.05, 3.63) is 255 Å². The van der Waals surface area contributed by atoms with Crippen molar-refractivity contribution in [1.29, 1.82) is 0 Å². The summed E-state index contributed by atoms with van der Waals surface area (Å²) in [6.07, 6.45) is 0. The third-order valence-electron chi connectivity index (χ3n) is 12.0. The van der Waals surface area contributed by atoms with Crippen molar-refractivity contribution in [2.75, 3.05) is 4.90 Å². The minimum Gasteiger partial charge on any atom is -0.310 e. The summed E-state index contributed by atoms with van der Waals surface area (Å²) in [5.41, 5.74) is 18.4. The fourth-order valence-corrected chi connectivity index (χ4v) is 9.02. The molecule has 0 atom stereocenters. The summed E-state index contributed by atoms with van der Waals surface area (Å²) in [4.78, 5) is 2.47. The van der Waals surface area contributed by atoms with Gasteiger partial charge in [0.2, 0.25) is 0 Å². The molecule has 0 saturated carbocycles. The van der Waals surface area contributed by atoms with Gasteiger partial charge in [-0.15, -0.1) is 0 Å². The predicted molar refractivity (Wildman–Crippen MR) is 263 cm³/mol. The molecule has 0 aliphatic heterocycles. The summed E-state index contributed by atoms with van der Waals surface area (Å²) in [6, 6.07) is 92.2. The van der Waals surface area contributed by atoms with E-state index in [4.69, 9.17) is 0 Å². The first-order chi connectivity index (χ1) is 30.8. The average molecular weight is 791 g/mol. The lowest BCUT2D eigenvalue weighted by molar-refractivity contribution is 1.18. The van der Waals surface area contributed by atoms with Crippen LogP contribution in [0.1, 0.15) is 0 Å². The van der Waals surface area contributed by atoms with E-state index in [9.17, 15) is 0 Å². The van der Waals surface area contributed by atoms with E-state index in [1.165, 1.54) is 49.7 Å². The second kappa shape index (κ2) is 16.1. The molecular weight excluding hydrogens is 749 g/mol. The van der Waals surface area contributed by atoms with Gasteiger partial charge in [0.15, 0.2) is 0 Å². The maximum absolute atomic E-state index is 2.47. The van der Waals surface area contributed by atoms with E-state index in [0.29, 0.717) is 0 Å². The number of fused-ring (bicyclic) bond motifs is 3. The van der Waals surface area contributed by atoms with Crippen molar-refractivity contribution < 1.29 is 0 Å². The quantitative estimate of drug-likeness (QED) is 0.141. The number of aromatic nitrogens is 1. The van der Waals surface area contributed by atoms with Crippen molar-refractivity contribution in [3.8, 4) is 61.3 Å². The van der Waals surface area contributed by atoms with Crippen LogP contribution in [0.15, 0.2) is 255 Å². The molecule has 0 bridgehead atoms. The number of hydrogen-bond donors (Lipinski definition) is 0. The summed E-state index contributed by atoms with van der Waals surface area (Å²) in [6.45, 7) is 0. The van der Waals surface area contributed by atoms with Gasteiger partial charge in [0.25, 0.3) is 0 Å². The summed E-state index contributed by atoms with van der Waals surface area (Å²) in [5, 5.41) is 2.45. The van der Waals surface area contributed by atoms with E-state index < -0.39 is 0 Å². The van der Waals surface area contributed by atoms with Gasteiger partial charge in [0, 0.05) is 33.4 Å². The van der Waals surface area contributed by atoms with Gasteiger partial charge in [-0.1, -0.05) is 206 Å². The molecule has 11 rings (SSSR count). The highest BCUT2D eigenvalue weighted by molar-refractivity contribution is 6.10. The van der Waals surface area contributed by atoms with E-state index in [2.05, 4.69) is 264 Å². The predicted octanol–water partition coefficient (Wildman–Crippen LogP) is 16.6. The molecule has 1 aromatic heterocycles. The summed E-state index contributed by atoms with van der Waals surface area (Å²) in [5.74, 6) is 0. The first-order valence-corrected chi connectivity index (χ1v) is 21.3. The SMILES string of the molecule is c1ccc(-c2ccc(-c3ccc(N(c4ccc5c6ccccc6n(-c6ccccc6)c5c4)c4cc(-c5ccccc5)ccc4-c4ccccc4)cc3-c3ccccc3)cc2)cc1. The Morgan fingerprint density at radius 3 is 1.35 bits per heavy atom. The standard InChI is InChI=1S/C60H42N2/c1-6-18-43(19-7-1)45-30-32-48(33-31-45)53-38-35-51(41-57(53)47-24-12-4-13-25-47)61(59-40-49(44-20-8-2-9-21-44)34-37-54(59)46-22-10-3-11-23-46)52-36-39-56-55-28-16-17-29-58(55)62(60(56)42-52)50-26-14-5-15-27-50/h1-42H. The van der Waals surface area contributed by atoms with Crippen molar-refractivity contribution >= 4 is 38.9 Å². The Balaban J connectivity index is 1.18. The van der Waals surface area contributed by atoms with Crippen LogP contribution < -0.4 is 4.90 Å². The van der Waals surface area contributed by atoms with Crippen LogP contribution >= 0.6 is 0 Å². The lowest BCUT2D eigenvalue weighted by atomic mass is 9.92. The maximum Gasteiger partial charge on any atom is 0.0561 e. The number of nitrogens with zero attached hydrogens (tertiary/aromatic N) is 2. The van der Waals surface area contributed by atoms with Gasteiger partial charge in [-0.2, -0.15) is 0 Å². The first kappa shape index (κ1) is 36.8. The average Bonchev–Trinajstić information content (AvgIpc) is 3.69. The minimum atomic E-state index is 1.07. The van der Waals surface area contributed by atoms with Crippen molar-refractivity contribution in [2.45, 2.75) is 0 Å². The number of rotatable bonds is 9. The van der Waals surface area contributed by atoms with Crippen molar-refractivity contribution in [1.82, 2.24) is 4.57 Å². The van der Waals surface area contributed by atoms with Crippen LogP contribution in [0, 0.1) is 0 Å². The second-order valence-electron chi connectivity index (χ2n) is 15.7. The molecule has 0 spiro atoms. The number of hydrogen-bond acceptors (Lipinski definition) is 1. The maximum atomic E-state index is 2.47. The summed E-state index contributed by atoms with van der Waals surface area (Å²) in [7, 11) is 0. The molecule has 0 saturated heterocycles. The first-order valence-electron chi connectivity index (χ1n) is 21.3. The van der Waals surface area contributed by atoms with E-state index >= 15 is 0 Å². The molecule has 10 aromatic carbocycles. The molecule has 1 heterocycles. The molecule has 11 aromatic rings. The van der Waals surface area contributed by atoms with E-state index in [1.54, 1.807) is 0 Å². The zero-order valence-electron chi connectivity index (χ0n) is 34.1. The zero-order chi connectivity index (χ0) is 41.2. The zero-order valence-corrected chi connectivity index (χ0v) is 34.1. The molecule has 0 radical (unpaired) electrons. The Morgan fingerprint density at radius 1 is 0.258 bits per heavy atom. The Kier molecular flexibility index (Phi) is 9.57. The van der Waals surface area contributed by atoms with Crippen LogP contribution in [-0.4, -0.2) is 4.57 Å². The Hall–Kier alpha value is -8.20. The highest BCUT2D eigenvalue weighted by Gasteiger charge is 2.22. The lowest BCUT2D eigenvalue weighted by Gasteiger charge is -2.30. The smallest absolute Gasteiger partial charge is 0.0561 e. The van der Waals surface area contributed by atoms with Gasteiger partial charge in [-0.3, -0.25) is 0 Å². The molecule has 0 aliphatic carbocycles. The van der Waals surface area contributed by atoms with Gasteiger partial charge in [-0.05, 0) is 98.6 Å². The van der Waals surface area contributed by atoms with Crippen LogP contribution in [0.2, 0.25) is 0 Å². The monoisotopic (exact) mass is 790 g/mol. The van der Waals surface area contributed by atoms with Crippen LogP contribution in [0.25, 0.3) is 83.1 Å². The highest BCUT2D eigenvalue weighted by Crippen LogP contribution is 2.47. The van der Waals surface area contributed by atoms with Crippen LogP contribution in [-0.2, 0) is 0 Å². The van der Waals surface area contributed by atoms with Gasteiger partial charge in [0.05, 0.1) is 16.7 Å². The second-order valence-corrected chi connectivity index (χ2v) is 15.7. The molecule has 0 unspecified atom stereocenters. The summed E-state index contributed by atoms with van der Waals surface area (Å²) >= 11 is 0. The molecule has 0 aliphatic rings. The fraction of sp³-hybridized carbons (Fsp3) is 0. The molecule has 0 fully saturated rings. The molecule has 292 valence electrons. The molecule has 2 nitrogen and oxygen atoms in total. The van der Waals surface area contributed by atoms with Gasteiger partial charge in [-0.25, -0.2) is 0 Å². The number of anilines is 3. The Bertz CT molecular complexity index is 3300. The Labute approximate surface area is 362 Å². The Morgan fingerprint density at radius 2 is 0.694 bits per heavy atom. The van der Waals surface area contributed by atoms with Crippen LogP contribution in [0.3, 0.4) is 0 Å².